The molecule has 5 nitrogen and oxygen atoms in total. The second-order valence-electron chi connectivity index (χ2n) is 4.74. The molecule has 22 heavy (non-hydrogen) atoms. The van der Waals surface area contributed by atoms with Crippen LogP contribution in [0.15, 0.2) is 58.5 Å². The topological polar surface area (TPSA) is 63.8 Å². The highest BCUT2D eigenvalue weighted by Gasteiger charge is 2.09. The Hall–Kier alpha value is -2.73. The van der Waals surface area contributed by atoms with Crippen LogP contribution in [0.3, 0.4) is 0 Å². The van der Waals surface area contributed by atoms with E-state index < -0.39 is 0 Å². The number of anilines is 1. The standard InChI is InChI=1S/C16H12N4OS/c1-4-11-6-2-8-17-14(11)12(5-1)10-18-16-20-19-15(21-16)13-7-3-9-22-13/h1-9H,10H2,(H,18,20). The van der Waals surface area contributed by atoms with E-state index in [4.69, 9.17) is 4.42 Å². The van der Waals surface area contributed by atoms with Crippen LogP contribution < -0.4 is 5.32 Å². The van der Waals surface area contributed by atoms with Crippen molar-refractivity contribution in [3.05, 3.63) is 59.6 Å². The van der Waals surface area contributed by atoms with Crippen molar-refractivity contribution >= 4 is 28.3 Å². The average Bonchev–Trinajstić information content (AvgIpc) is 3.24. The number of para-hydroxylation sites is 1. The van der Waals surface area contributed by atoms with Crippen molar-refractivity contribution in [2.75, 3.05) is 5.32 Å². The quantitative estimate of drug-likeness (QED) is 0.618. The zero-order chi connectivity index (χ0) is 14.8. The van der Waals surface area contributed by atoms with Crippen LogP contribution in [0.5, 0.6) is 0 Å². The largest absolute Gasteiger partial charge is 0.403 e. The molecule has 0 aliphatic heterocycles. The molecule has 6 heteroatoms. The number of rotatable bonds is 4. The van der Waals surface area contributed by atoms with Gasteiger partial charge in [0.1, 0.15) is 0 Å². The molecule has 1 aromatic carbocycles. The molecule has 1 N–H and O–H groups in total. The summed E-state index contributed by atoms with van der Waals surface area (Å²) in [5, 5.41) is 14.3. The van der Waals surface area contributed by atoms with Gasteiger partial charge < -0.3 is 9.73 Å². The Morgan fingerprint density at radius 1 is 1.05 bits per heavy atom. The van der Waals surface area contributed by atoms with E-state index in [0.717, 1.165) is 21.3 Å². The van der Waals surface area contributed by atoms with Crippen molar-refractivity contribution < 1.29 is 4.42 Å². The predicted octanol–water partition coefficient (Wildman–Crippen LogP) is 3.96. The van der Waals surface area contributed by atoms with Crippen LogP contribution in [0.4, 0.5) is 6.01 Å². The van der Waals surface area contributed by atoms with Gasteiger partial charge in [-0.1, -0.05) is 35.4 Å². The number of hydrogen-bond donors (Lipinski definition) is 1. The lowest BCUT2D eigenvalue weighted by molar-refractivity contribution is 0.582. The van der Waals surface area contributed by atoms with E-state index in [1.807, 2.05) is 47.8 Å². The lowest BCUT2D eigenvalue weighted by atomic mass is 10.1. The summed E-state index contributed by atoms with van der Waals surface area (Å²) in [4.78, 5) is 5.40. The molecule has 0 aliphatic carbocycles. The number of nitrogens with zero attached hydrogens (tertiary/aromatic N) is 3. The van der Waals surface area contributed by atoms with E-state index in [1.165, 1.54) is 0 Å². The number of thiophene rings is 1. The van der Waals surface area contributed by atoms with Crippen molar-refractivity contribution in [2.24, 2.45) is 0 Å². The second kappa shape index (κ2) is 5.57. The molecule has 4 aromatic rings. The highest BCUT2D eigenvalue weighted by molar-refractivity contribution is 7.13. The first-order valence-electron chi connectivity index (χ1n) is 6.84. The van der Waals surface area contributed by atoms with Crippen LogP contribution in [0, 0.1) is 0 Å². The molecule has 0 fully saturated rings. The first-order valence-corrected chi connectivity index (χ1v) is 7.72. The van der Waals surface area contributed by atoms with Crippen LogP contribution in [0.25, 0.3) is 21.7 Å². The van der Waals surface area contributed by atoms with Gasteiger partial charge in [0.25, 0.3) is 5.89 Å². The van der Waals surface area contributed by atoms with E-state index in [9.17, 15) is 0 Å². The van der Waals surface area contributed by atoms with Gasteiger partial charge in [0.05, 0.1) is 10.4 Å². The summed E-state index contributed by atoms with van der Waals surface area (Å²) in [6.07, 6.45) is 1.80. The molecule has 4 rings (SSSR count). The molecule has 3 aromatic heterocycles. The summed E-state index contributed by atoms with van der Waals surface area (Å²) in [6, 6.07) is 14.4. The minimum atomic E-state index is 0.413. The van der Waals surface area contributed by atoms with Crippen molar-refractivity contribution in [3.63, 3.8) is 0 Å². The first kappa shape index (κ1) is 13.0. The normalized spacial score (nSPS) is 10.9. The highest BCUT2D eigenvalue weighted by atomic mass is 32.1. The van der Waals surface area contributed by atoms with E-state index in [-0.39, 0.29) is 0 Å². The second-order valence-corrected chi connectivity index (χ2v) is 5.68. The number of fused-ring (bicyclic) bond motifs is 1. The molecule has 108 valence electrons. The minimum absolute atomic E-state index is 0.413. The van der Waals surface area contributed by atoms with Gasteiger partial charge in [-0.15, -0.1) is 16.4 Å². The van der Waals surface area contributed by atoms with Crippen LogP contribution in [-0.2, 0) is 6.54 Å². The summed E-state index contributed by atoms with van der Waals surface area (Å²) in [6.45, 7) is 0.584. The fourth-order valence-corrected chi connectivity index (χ4v) is 2.92. The molecule has 0 spiro atoms. The molecular formula is C16H12N4OS. The van der Waals surface area contributed by atoms with Crippen molar-refractivity contribution in [3.8, 4) is 10.8 Å². The zero-order valence-electron chi connectivity index (χ0n) is 11.6. The first-order chi connectivity index (χ1) is 10.9. The van der Waals surface area contributed by atoms with E-state index >= 15 is 0 Å². The predicted molar refractivity (Wildman–Crippen MR) is 86.7 cm³/mol. The van der Waals surface area contributed by atoms with Crippen molar-refractivity contribution in [1.82, 2.24) is 15.2 Å². The van der Waals surface area contributed by atoms with E-state index in [0.29, 0.717) is 18.5 Å². The number of pyridine rings is 1. The van der Waals surface area contributed by atoms with Crippen LogP contribution >= 0.6 is 11.3 Å². The maximum Gasteiger partial charge on any atom is 0.316 e. The van der Waals surface area contributed by atoms with Crippen molar-refractivity contribution in [2.45, 2.75) is 6.54 Å². The molecule has 0 amide bonds. The van der Waals surface area contributed by atoms with Crippen LogP contribution in [-0.4, -0.2) is 15.2 Å². The van der Waals surface area contributed by atoms with Gasteiger partial charge in [-0.3, -0.25) is 4.98 Å². The molecule has 0 radical (unpaired) electrons. The summed E-state index contributed by atoms with van der Waals surface area (Å²) in [7, 11) is 0. The molecular weight excluding hydrogens is 296 g/mol. The van der Waals surface area contributed by atoms with Crippen LogP contribution in [0.2, 0.25) is 0 Å². The Balaban J connectivity index is 1.55. The Labute approximate surface area is 130 Å². The number of aromatic nitrogens is 3. The van der Waals surface area contributed by atoms with Gasteiger partial charge in [0.15, 0.2) is 0 Å². The average molecular weight is 308 g/mol. The summed E-state index contributed by atoms with van der Waals surface area (Å²) in [5.41, 5.74) is 2.07. The maximum atomic E-state index is 5.62. The van der Waals surface area contributed by atoms with Gasteiger partial charge in [0, 0.05) is 18.1 Å². The van der Waals surface area contributed by atoms with Gasteiger partial charge >= 0.3 is 6.01 Å². The Kier molecular flexibility index (Phi) is 3.29. The summed E-state index contributed by atoms with van der Waals surface area (Å²) in [5.74, 6) is 0.536. The molecule has 0 saturated heterocycles. The third-order valence-electron chi connectivity index (χ3n) is 3.30. The fourth-order valence-electron chi connectivity index (χ4n) is 2.28. The number of benzene rings is 1. The summed E-state index contributed by atoms with van der Waals surface area (Å²) < 4.78 is 5.62. The fraction of sp³-hybridized carbons (Fsp3) is 0.0625. The van der Waals surface area contributed by atoms with Crippen LogP contribution in [0.1, 0.15) is 5.56 Å². The van der Waals surface area contributed by atoms with Gasteiger partial charge in [0.2, 0.25) is 0 Å². The summed E-state index contributed by atoms with van der Waals surface area (Å²) >= 11 is 1.57. The molecule has 0 aliphatic rings. The van der Waals surface area contributed by atoms with Crippen molar-refractivity contribution in [1.29, 1.82) is 0 Å². The molecule has 0 unspecified atom stereocenters. The van der Waals surface area contributed by atoms with Gasteiger partial charge in [-0.25, -0.2) is 0 Å². The maximum absolute atomic E-state index is 5.62. The number of nitrogens with one attached hydrogen (secondary N) is 1. The monoisotopic (exact) mass is 308 g/mol. The SMILES string of the molecule is c1csc(-c2nnc(NCc3cccc4cccnc34)o2)c1. The van der Waals surface area contributed by atoms with E-state index in [2.05, 4.69) is 20.5 Å². The Morgan fingerprint density at radius 3 is 2.91 bits per heavy atom. The smallest absolute Gasteiger partial charge is 0.316 e. The minimum Gasteiger partial charge on any atom is -0.403 e. The van der Waals surface area contributed by atoms with Gasteiger partial charge in [-0.2, -0.15) is 0 Å². The molecule has 0 bridgehead atoms. The highest BCUT2D eigenvalue weighted by Crippen LogP contribution is 2.24. The Bertz CT molecular complexity index is 896. The third-order valence-corrected chi connectivity index (χ3v) is 4.16. The molecule has 0 saturated carbocycles. The van der Waals surface area contributed by atoms with E-state index in [1.54, 1.807) is 17.5 Å². The third kappa shape index (κ3) is 2.44. The lowest BCUT2D eigenvalue weighted by Gasteiger charge is -2.05. The van der Waals surface area contributed by atoms with Gasteiger partial charge in [-0.05, 0) is 23.1 Å². The lowest BCUT2D eigenvalue weighted by Crippen LogP contribution is -2.01. The molecule has 3 heterocycles. The molecule has 0 atom stereocenters. The Morgan fingerprint density at radius 2 is 2.00 bits per heavy atom. The number of hydrogen-bond acceptors (Lipinski definition) is 6. The zero-order valence-corrected chi connectivity index (χ0v) is 12.4.